The van der Waals surface area contributed by atoms with Gasteiger partial charge in [-0.3, -0.25) is 40.9 Å². The molecule has 194 valence electrons. The maximum absolute atomic E-state index is 12.8. The largest absolute Gasteiger partial charge is 0.507 e. The number of hydrogen-bond donors (Lipinski definition) is 6. The van der Waals surface area contributed by atoms with E-state index in [1.807, 2.05) is 13.8 Å². The number of carbonyl (C=O) groups excluding carboxylic acids is 4. The average Bonchev–Trinajstić information content (AvgIpc) is 2.88. The Hall–Kier alpha value is -4.08. The topological polar surface area (TPSA) is 157 Å². The predicted molar refractivity (Wildman–Crippen MR) is 133 cm³/mol. The van der Waals surface area contributed by atoms with Crippen molar-refractivity contribution in [3.05, 3.63) is 59.7 Å². The number of hydrogen-bond acceptors (Lipinski definition) is 6. The molecule has 0 aliphatic heterocycles. The first-order chi connectivity index (χ1) is 17.3. The second-order valence-corrected chi connectivity index (χ2v) is 8.44. The second kappa shape index (κ2) is 14.3. The third-order valence-corrected chi connectivity index (χ3v) is 5.90. The van der Waals surface area contributed by atoms with Crippen LogP contribution >= 0.6 is 0 Å². The van der Waals surface area contributed by atoms with Crippen molar-refractivity contribution in [2.75, 3.05) is 0 Å². The first-order valence-corrected chi connectivity index (χ1v) is 12.0. The van der Waals surface area contributed by atoms with Crippen LogP contribution in [0, 0.1) is 11.8 Å². The molecule has 10 heteroatoms. The zero-order chi connectivity index (χ0) is 26.5. The molecule has 0 aliphatic rings. The number of para-hydroxylation sites is 2. The van der Waals surface area contributed by atoms with Gasteiger partial charge in [0.15, 0.2) is 0 Å². The molecule has 2 unspecified atom stereocenters. The quantitative estimate of drug-likeness (QED) is 0.262. The Balaban J connectivity index is 1.90. The summed E-state index contributed by atoms with van der Waals surface area (Å²) in [6.07, 6.45) is 3.54. The molecule has 0 saturated heterocycles. The number of aromatic hydroxyl groups is 2. The lowest BCUT2D eigenvalue weighted by molar-refractivity contribution is -0.128. The molecule has 0 bridgehead atoms. The first-order valence-electron chi connectivity index (χ1n) is 12.0. The second-order valence-electron chi connectivity index (χ2n) is 8.44. The number of carbonyl (C=O) groups is 4. The van der Waals surface area contributed by atoms with Crippen molar-refractivity contribution in [1.29, 1.82) is 0 Å². The van der Waals surface area contributed by atoms with Crippen LogP contribution in [0.1, 0.15) is 73.1 Å². The van der Waals surface area contributed by atoms with E-state index >= 15 is 0 Å². The summed E-state index contributed by atoms with van der Waals surface area (Å²) in [5.74, 6) is -3.35. The van der Waals surface area contributed by atoms with Gasteiger partial charge in [-0.1, -0.05) is 51.0 Å². The lowest BCUT2D eigenvalue weighted by Gasteiger charge is -2.20. The number of unbranched alkanes of at least 4 members (excludes halogenated alkanes) is 1. The van der Waals surface area contributed by atoms with E-state index in [0.29, 0.717) is 25.7 Å². The molecule has 0 spiro atoms. The molecule has 0 fully saturated rings. The summed E-state index contributed by atoms with van der Waals surface area (Å²) in [4.78, 5) is 49.9. The Bertz CT molecular complexity index is 1060. The molecule has 6 N–H and O–H groups in total. The van der Waals surface area contributed by atoms with E-state index in [0.717, 1.165) is 12.8 Å². The minimum absolute atomic E-state index is 0.0352. The van der Waals surface area contributed by atoms with Gasteiger partial charge < -0.3 is 10.2 Å². The molecule has 0 aliphatic carbocycles. The summed E-state index contributed by atoms with van der Waals surface area (Å²) < 4.78 is 0. The predicted octanol–water partition coefficient (Wildman–Crippen LogP) is 2.93. The molecule has 4 amide bonds. The van der Waals surface area contributed by atoms with Gasteiger partial charge in [-0.2, -0.15) is 0 Å². The Morgan fingerprint density at radius 3 is 1.56 bits per heavy atom. The third kappa shape index (κ3) is 8.30. The van der Waals surface area contributed by atoms with Gasteiger partial charge in [-0.15, -0.1) is 0 Å². The fourth-order valence-corrected chi connectivity index (χ4v) is 3.69. The number of amides is 4. The number of rotatable bonds is 11. The van der Waals surface area contributed by atoms with Crippen molar-refractivity contribution in [3.8, 4) is 11.5 Å². The summed E-state index contributed by atoms with van der Waals surface area (Å²) in [5, 5.41) is 19.6. The Morgan fingerprint density at radius 1 is 0.667 bits per heavy atom. The number of benzene rings is 2. The van der Waals surface area contributed by atoms with Crippen molar-refractivity contribution < 1.29 is 29.4 Å². The van der Waals surface area contributed by atoms with Gasteiger partial charge in [-0.05, 0) is 49.9 Å². The van der Waals surface area contributed by atoms with E-state index < -0.39 is 29.6 Å². The van der Waals surface area contributed by atoms with Crippen LogP contribution in [-0.4, -0.2) is 33.8 Å². The Kier molecular flexibility index (Phi) is 11.2. The SMILES string of the molecule is CCCCC(CCC(CC)C(=O)NNC(=O)c1ccccc1O)C(=O)NNC(=O)c1ccccc1O. The first kappa shape index (κ1) is 28.2. The van der Waals surface area contributed by atoms with Gasteiger partial charge in [0.05, 0.1) is 11.1 Å². The molecule has 36 heavy (non-hydrogen) atoms. The van der Waals surface area contributed by atoms with Gasteiger partial charge in [-0.25, -0.2) is 0 Å². The molecule has 2 atom stereocenters. The molecule has 0 aromatic heterocycles. The van der Waals surface area contributed by atoms with E-state index in [4.69, 9.17) is 0 Å². The molecule has 0 saturated carbocycles. The highest BCUT2D eigenvalue weighted by atomic mass is 16.3. The highest BCUT2D eigenvalue weighted by Gasteiger charge is 2.24. The Labute approximate surface area is 210 Å². The van der Waals surface area contributed by atoms with E-state index in [9.17, 15) is 29.4 Å². The lowest BCUT2D eigenvalue weighted by atomic mass is 9.90. The normalized spacial score (nSPS) is 12.2. The summed E-state index contributed by atoms with van der Waals surface area (Å²) in [6.45, 7) is 3.84. The molecule has 10 nitrogen and oxygen atoms in total. The summed E-state index contributed by atoms with van der Waals surface area (Å²) in [6, 6.07) is 12.0. The fourth-order valence-electron chi connectivity index (χ4n) is 3.69. The van der Waals surface area contributed by atoms with Gasteiger partial charge in [0, 0.05) is 11.8 Å². The molecule has 0 radical (unpaired) electrons. The monoisotopic (exact) mass is 498 g/mol. The van der Waals surface area contributed by atoms with E-state index in [-0.39, 0.29) is 28.5 Å². The van der Waals surface area contributed by atoms with Crippen molar-refractivity contribution in [1.82, 2.24) is 21.7 Å². The minimum Gasteiger partial charge on any atom is -0.507 e. The van der Waals surface area contributed by atoms with Crippen LogP contribution in [0.2, 0.25) is 0 Å². The zero-order valence-corrected chi connectivity index (χ0v) is 20.5. The zero-order valence-electron chi connectivity index (χ0n) is 20.5. The molecular weight excluding hydrogens is 464 g/mol. The molecule has 2 aromatic rings. The highest BCUT2D eigenvalue weighted by molar-refractivity contribution is 5.98. The van der Waals surface area contributed by atoms with E-state index in [1.165, 1.54) is 24.3 Å². The summed E-state index contributed by atoms with van der Waals surface area (Å²) >= 11 is 0. The fraction of sp³-hybridized carbons (Fsp3) is 0.385. The van der Waals surface area contributed by atoms with Crippen LogP contribution in [0.4, 0.5) is 0 Å². The number of phenolic OH excluding ortho intramolecular Hbond substituents is 2. The van der Waals surface area contributed by atoms with Crippen molar-refractivity contribution in [3.63, 3.8) is 0 Å². The molecule has 0 heterocycles. The number of hydrazine groups is 2. The van der Waals surface area contributed by atoms with Crippen molar-refractivity contribution >= 4 is 23.6 Å². The standard InChI is InChI=1S/C26H34N4O6/c1-3-5-10-18(24(34)28-30-26(36)20-12-7-9-14-22(20)32)16-15-17(4-2)23(33)27-29-25(35)19-11-6-8-13-21(19)31/h6-9,11-14,17-18,31-32H,3-5,10,15-16H2,1-2H3,(H,27,33)(H,28,34)(H,29,35)(H,30,36). The van der Waals surface area contributed by atoms with Crippen LogP contribution < -0.4 is 21.7 Å². The lowest BCUT2D eigenvalue weighted by Crippen LogP contribution is -2.45. The smallest absolute Gasteiger partial charge is 0.273 e. The van der Waals surface area contributed by atoms with E-state index in [1.54, 1.807) is 24.3 Å². The minimum atomic E-state index is -0.642. The van der Waals surface area contributed by atoms with Crippen LogP contribution in [0.3, 0.4) is 0 Å². The van der Waals surface area contributed by atoms with Crippen LogP contribution in [0.5, 0.6) is 11.5 Å². The molecule has 2 rings (SSSR count). The summed E-state index contributed by atoms with van der Waals surface area (Å²) in [7, 11) is 0. The van der Waals surface area contributed by atoms with Crippen LogP contribution in [-0.2, 0) is 9.59 Å². The average molecular weight is 499 g/mol. The third-order valence-electron chi connectivity index (χ3n) is 5.90. The van der Waals surface area contributed by atoms with E-state index in [2.05, 4.69) is 21.7 Å². The maximum atomic E-state index is 12.8. The Morgan fingerprint density at radius 2 is 1.11 bits per heavy atom. The molecular formula is C26H34N4O6. The van der Waals surface area contributed by atoms with Gasteiger partial charge >= 0.3 is 0 Å². The maximum Gasteiger partial charge on any atom is 0.273 e. The van der Waals surface area contributed by atoms with Gasteiger partial charge in [0.1, 0.15) is 11.5 Å². The number of phenols is 2. The van der Waals surface area contributed by atoms with Crippen molar-refractivity contribution in [2.45, 2.75) is 52.4 Å². The van der Waals surface area contributed by atoms with Crippen LogP contribution in [0.25, 0.3) is 0 Å². The highest BCUT2D eigenvalue weighted by Crippen LogP contribution is 2.21. The van der Waals surface area contributed by atoms with Gasteiger partial charge in [0.2, 0.25) is 11.8 Å². The molecule has 2 aromatic carbocycles. The van der Waals surface area contributed by atoms with Crippen molar-refractivity contribution in [2.24, 2.45) is 11.8 Å². The summed E-state index contributed by atoms with van der Waals surface area (Å²) in [5.41, 5.74) is 9.52. The van der Waals surface area contributed by atoms with Gasteiger partial charge in [0.25, 0.3) is 11.8 Å². The van der Waals surface area contributed by atoms with Crippen LogP contribution in [0.15, 0.2) is 48.5 Å². The number of nitrogens with one attached hydrogen (secondary N) is 4.